The summed E-state index contributed by atoms with van der Waals surface area (Å²) in [6.07, 6.45) is 2.00. The van der Waals surface area contributed by atoms with E-state index in [1.807, 2.05) is 17.8 Å². The maximum absolute atomic E-state index is 5.78. The van der Waals surface area contributed by atoms with Gasteiger partial charge in [0, 0.05) is 6.20 Å². The Bertz CT molecular complexity index is 457. The van der Waals surface area contributed by atoms with Crippen LogP contribution in [0, 0.1) is 13.8 Å². The second-order valence-electron chi connectivity index (χ2n) is 3.67. The molecule has 0 aliphatic heterocycles. The number of aryl methyl sites for hydroxylation is 2. The maximum atomic E-state index is 5.78. The van der Waals surface area contributed by atoms with Gasteiger partial charge in [-0.1, -0.05) is 17.7 Å². The summed E-state index contributed by atoms with van der Waals surface area (Å²) in [6.45, 7) is 4.09. The van der Waals surface area contributed by atoms with E-state index in [1.165, 1.54) is 5.56 Å². The monoisotopic (exact) mass is 220 g/mol. The summed E-state index contributed by atoms with van der Waals surface area (Å²) in [6, 6.07) is 8.26. The van der Waals surface area contributed by atoms with Crippen LogP contribution in [0.1, 0.15) is 16.8 Å². The predicted octanol–water partition coefficient (Wildman–Crippen LogP) is 3.23. The lowest BCUT2D eigenvalue weighted by atomic mass is 10.2. The van der Waals surface area contributed by atoms with E-state index in [2.05, 4.69) is 36.3 Å². The Morgan fingerprint density at radius 1 is 1.20 bits per heavy atom. The molecule has 0 atom stereocenters. The minimum atomic E-state index is 0.463. The second kappa shape index (κ2) is 4.07. The zero-order chi connectivity index (χ0) is 10.8. The number of nitrogens with zero attached hydrogens (tertiary/aromatic N) is 2. The largest absolute Gasteiger partial charge is 0.240 e. The van der Waals surface area contributed by atoms with Crippen molar-refractivity contribution in [3.8, 4) is 5.69 Å². The Balaban J connectivity index is 2.41. The van der Waals surface area contributed by atoms with Gasteiger partial charge in [0.1, 0.15) is 0 Å². The highest BCUT2D eigenvalue weighted by atomic mass is 35.5. The average Bonchev–Trinajstić information content (AvgIpc) is 2.61. The summed E-state index contributed by atoms with van der Waals surface area (Å²) in [5.41, 5.74) is 4.39. The molecule has 2 nitrogen and oxygen atoms in total. The predicted molar refractivity (Wildman–Crippen MR) is 62.6 cm³/mol. The SMILES string of the molecule is Cc1ccc(-n2cc(C)c(CCl)n2)cc1. The molecule has 2 aromatic rings. The maximum Gasteiger partial charge on any atom is 0.0805 e. The molecule has 0 unspecified atom stereocenters. The molecule has 78 valence electrons. The van der Waals surface area contributed by atoms with Crippen molar-refractivity contribution in [2.24, 2.45) is 0 Å². The summed E-state index contributed by atoms with van der Waals surface area (Å²) in [5, 5.41) is 4.41. The molecular weight excluding hydrogens is 208 g/mol. The molecular formula is C12H13ClN2. The molecule has 0 saturated carbocycles. The van der Waals surface area contributed by atoms with Crippen LogP contribution in [0.25, 0.3) is 5.69 Å². The van der Waals surface area contributed by atoms with E-state index in [-0.39, 0.29) is 0 Å². The van der Waals surface area contributed by atoms with Crippen molar-refractivity contribution in [2.45, 2.75) is 19.7 Å². The second-order valence-corrected chi connectivity index (χ2v) is 3.94. The molecule has 0 aliphatic carbocycles. The van der Waals surface area contributed by atoms with E-state index >= 15 is 0 Å². The number of hydrogen-bond acceptors (Lipinski definition) is 1. The normalized spacial score (nSPS) is 10.6. The Labute approximate surface area is 94.5 Å². The molecule has 2 rings (SSSR count). The molecule has 0 bridgehead atoms. The van der Waals surface area contributed by atoms with Crippen LogP contribution in [0.2, 0.25) is 0 Å². The highest BCUT2D eigenvalue weighted by Crippen LogP contribution is 2.13. The molecule has 1 aromatic heterocycles. The van der Waals surface area contributed by atoms with E-state index in [0.717, 1.165) is 16.9 Å². The first kappa shape index (κ1) is 10.2. The van der Waals surface area contributed by atoms with Crippen LogP contribution in [-0.4, -0.2) is 9.78 Å². The lowest BCUT2D eigenvalue weighted by molar-refractivity contribution is 0.858. The third-order valence-electron chi connectivity index (χ3n) is 2.42. The van der Waals surface area contributed by atoms with Crippen molar-refractivity contribution in [1.29, 1.82) is 0 Å². The first-order chi connectivity index (χ1) is 7.20. The fourth-order valence-corrected chi connectivity index (χ4v) is 1.72. The lowest BCUT2D eigenvalue weighted by Gasteiger charge is -2.00. The lowest BCUT2D eigenvalue weighted by Crippen LogP contribution is -1.95. The van der Waals surface area contributed by atoms with Gasteiger partial charge < -0.3 is 0 Å². The van der Waals surface area contributed by atoms with Crippen molar-refractivity contribution < 1.29 is 0 Å². The molecule has 0 spiro atoms. The Hall–Kier alpha value is -1.28. The number of aromatic nitrogens is 2. The van der Waals surface area contributed by atoms with Crippen LogP contribution in [-0.2, 0) is 5.88 Å². The molecule has 0 fully saturated rings. The Kier molecular flexibility index (Phi) is 2.78. The van der Waals surface area contributed by atoms with Crippen LogP contribution in [0.5, 0.6) is 0 Å². The van der Waals surface area contributed by atoms with E-state index in [9.17, 15) is 0 Å². The van der Waals surface area contributed by atoms with Crippen LogP contribution >= 0.6 is 11.6 Å². The number of alkyl halides is 1. The average molecular weight is 221 g/mol. The topological polar surface area (TPSA) is 17.8 Å². The minimum absolute atomic E-state index is 0.463. The molecule has 0 radical (unpaired) electrons. The number of rotatable bonds is 2. The van der Waals surface area contributed by atoms with E-state index in [0.29, 0.717) is 5.88 Å². The molecule has 0 N–H and O–H groups in total. The van der Waals surface area contributed by atoms with Gasteiger partial charge in [0.2, 0.25) is 0 Å². The highest BCUT2D eigenvalue weighted by Gasteiger charge is 2.04. The third kappa shape index (κ3) is 2.05. The van der Waals surface area contributed by atoms with Crippen LogP contribution in [0.3, 0.4) is 0 Å². The Morgan fingerprint density at radius 3 is 2.40 bits per heavy atom. The molecule has 15 heavy (non-hydrogen) atoms. The van der Waals surface area contributed by atoms with Gasteiger partial charge in [0.05, 0.1) is 17.3 Å². The van der Waals surface area contributed by atoms with E-state index in [4.69, 9.17) is 11.6 Å². The molecule has 1 heterocycles. The van der Waals surface area contributed by atoms with Crippen molar-refractivity contribution in [3.63, 3.8) is 0 Å². The zero-order valence-electron chi connectivity index (χ0n) is 8.87. The molecule has 0 aliphatic rings. The van der Waals surface area contributed by atoms with Crippen LogP contribution in [0.4, 0.5) is 0 Å². The van der Waals surface area contributed by atoms with Gasteiger partial charge in [-0.3, -0.25) is 0 Å². The van der Waals surface area contributed by atoms with Gasteiger partial charge in [-0.05, 0) is 31.5 Å². The van der Waals surface area contributed by atoms with Crippen molar-refractivity contribution in [3.05, 3.63) is 47.3 Å². The summed E-state index contributed by atoms with van der Waals surface area (Å²) in [5.74, 6) is 0.463. The smallest absolute Gasteiger partial charge is 0.0805 e. The Morgan fingerprint density at radius 2 is 1.87 bits per heavy atom. The highest BCUT2D eigenvalue weighted by molar-refractivity contribution is 6.16. The van der Waals surface area contributed by atoms with Gasteiger partial charge >= 0.3 is 0 Å². The molecule has 1 aromatic carbocycles. The first-order valence-electron chi connectivity index (χ1n) is 4.89. The number of hydrogen-bond donors (Lipinski definition) is 0. The van der Waals surface area contributed by atoms with Gasteiger partial charge in [-0.25, -0.2) is 4.68 Å². The van der Waals surface area contributed by atoms with Crippen molar-refractivity contribution in [1.82, 2.24) is 9.78 Å². The van der Waals surface area contributed by atoms with Gasteiger partial charge in [0.25, 0.3) is 0 Å². The van der Waals surface area contributed by atoms with E-state index < -0.39 is 0 Å². The zero-order valence-corrected chi connectivity index (χ0v) is 9.62. The third-order valence-corrected chi connectivity index (χ3v) is 2.68. The fraction of sp³-hybridized carbons (Fsp3) is 0.250. The molecule has 3 heteroatoms. The summed E-state index contributed by atoms with van der Waals surface area (Å²) < 4.78 is 1.87. The number of halogens is 1. The fourth-order valence-electron chi connectivity index (χ4n) is 1.46. The van der Waals surface area contributed by atoms with Crippen LogP contribution in [0.15, 0.2) is 30.5 Å². The van der Waals surface area contributed by atoms with Gasteiger partial charge in [-0.15, -0.1) is 11.6 Å². The van der Waals surface area contributed by atoms with Crippen molar-refractivity contribution >= 4 is 11.6 Å². The quantitative estimate of drug-likeness (QED) is 0.711. The summed E-state index contributed by atoms with van der Waals surface area (Å²) >= 11 is 5.78. The number of benzene rings is 1. The summed E-state index contributed by atoms with van der Waals surface area (Å²) in [4.78, 5) is 0. The first-order valence-corrected chi connectivity index (χ1v) is 5.42. The molecule has 0 saturated heterocycles. The van der Waals surface area contributed by atoms with Gasteiger partial charge in [0.15, 0.2) is 0 Å². The van der Waals surface area contributed by atoms with Crippen molar-refractivity contribution in [2.75, 3.05) is 0 Å². The standard InChI is InChI=1S/C12H13ClN2/c1-9-3-5-11(6-4-9)15-8-10(2)12(7-13)14-15/h3-6,8H,7H2,1-2H3. The summed E-state index contributed by atoms with van der Waals surface area (Å²) in [7, 11) is 0. The van der Waals surface area contributed by atoms with Gasteiger partial charge in [-0.2, -0.15) is 5.10 Å². The molecule has 0 amide bonds. The van der Waals surface area contributed by atoms with E-state index in [1.54, 1.807) is 0 Å². The van der Waals surface area contributed by atoms with Crippen LogP contribution < -0.4 is 0 Å². The minimum Gasteiger partial charge on any atom is -0.240 e.